The Kier molecular flexibility index (Phi) is 33.5. The van der Waals surface area contributed by atoms with Crippen molar-refractivity contribution in [1.82, 2.24) is 50.5 Å². The quantitative estimate of drug-likeness (QED) is 0.0182. The Labute approximate surface area is 760 Å². The Balaban J connectivity index is 0.000000171. The summed E-state index contributed by atoms with van der Waals surface area (Å²) in [5, 5.41) is 34.1. The Bertz CT molecular complexity index is 4780. The Morgan fingerprint density at radius 1 is 0.383 bits per heavy atom. The maximum Gasteiger partial charge on any atom is 0.328 e. The summed E-state index contributed by atoms with van der Waals surface area (Å²) in [7, 11) is 2.75. The molecule has 8 fully saturated rings. The molecule has 8 aromatic rings. The maximum atomic E-state index is 13.4. The van der Waals surface area contributed by atoms with Crippen LogP contribution in [0.15, 0.2) is 146 Å². The van der Waals surface area contributed by atoms with Crippen LogP contribution in [-0.4, -0.2) is 170 Å². The molecule has 8 saturated heterocycles. The number of piperidine rings is 4. The highest BCUT2D eigenvalue weighted by molar-refractivity contribution is 6.17. The number of benzene rings is 4. The van der Waals surface area contributed by atoms with Crippen molar-refractivity contribution in [1.29, 1.82) is 0 Å². The molecule has 4 aromatic carbocycles. The number of alkyl halides is 1. The number of ether oxygens (including phenoxy) is 5. The van der Waals surface area contributed by atoms with Crippen molar-refractivity contribution in [3.8, 4) is 23.0 Å². The molecule has 128 heavy (non-hydrogen) atoms. The topological polar surface area (TPSA) is 378 Å². The monoisotopic (exact) mass is 1800 g/mol. The first kappa shape index (κ1) is 99.0. The van der Waals surface area contributed by atoms with Gasteiger partial charge < -0.3 is 53.6 Å². The second kappa shape index (κ2) is 43.3. The summed E-state index contributed by atoms with van der Waals surface area (Å²) < 4.78 is 27.6. The van der Waals surface area contributed by atoms with E-state index in [1.165, 1.54) is 14.2 Å². The summed E-state index contributed by atoms with van der Waals surface area (Å²) in [6.45, 7) is 24.9. The number of aromatic nitrogens is 4. The molecule has 0 saturated carbocycles. The summed E-state index contributed by atoms with van der Waals surface area (Å²) in [4.78, 5) is 126. The number of fused-ring (bicyclic) bond motifs is 4. The largest absolute Gasteiger partial charge is 0.508 e. The Hall–Kier alpha value is -11.1. The van der Waals surface area contributed by atoms with Gasteiger partial charge >= 0.3 is 11.9 Å². The minimum Gasteiger partial charge on any atom is -0.508 e. The standard InChI is InChI=1S/C25H30N2O4.2C24H29N3O4.C17H21NO4.C8H10ClN.ClH.H3NO/c1-16-12-18(13-17(2)26-16)15-31-21-10-8-19(9-11-21)25(3)14-20-6-5-7-22(23(28)30-4)27(20)24(25)29;2*1-15-11-17(12-16(2)25-15)14-31-20-9-7-18(8-10-20)24(3)13-19-5-4-6-21(22(28)26-30)27(19)23(24)29;1-17(11-6-8-13(19)9-7-11)10-12-4-3-5-14(15(20)22-2)18(12)16(17)21;1-6-3-8(5-9)4-7(2)10-6;;1-2/h8-13,20,22H,5-7,14-15H2,1-4H3;2*7-12,19,21,30H,4-6,13-14H2,1-3H3,(H,26,28);6-9,12,14,19H,3-5,10H2,1-2H3;3-4H,5H2,1-2H3;1H;2H,1H2/t20-,22+,25+;19-,21+,24+;19-,21-,24+;12-,14+,17+;;;/m1111.../s1. The number of hydroxylamine groups is 2. The van der Waals surface area contributed by atoms with Crippen LogP contribution in [0.25, 0.3) is 0 Å². The lowest BCUT2D eigenvalue weighted by atomic mass is 9.79. The van der Waals surface area contributed by atoms with Crippen LogP contribution in [-0.2, 0) is 95.2 Å². The van der Waals surface area contributed by atoms with Gasteiger partial charge in [0.25, 0.3) is 11.8 Å². The summed E-state index contributed by atoms with van der Waals surface area (Å²) >= 11 is 5.64. The van der Waals surface area contributed by atoms with Crippen molar-refractivity contribution in [3.05, 3.63) is 236 Å². The second-order valence-electron chi connectivity index (χ2n) is 35.5. The molecule has 12 heterocycles. The number of phenolic OH excluding ortho intramolecular Hbond substituents is 1. The van der Waals surface area contributed by atoms with E-state index in [1.807, 2.05) is 204 Å². The fourth-order valence-corrected chi connectivity index (χ4v) is 20.3. The number of nitrogens with two attached hydrogens (primary N) is 1. The molecule has 8 N–H and O–H groups in total. The number of esters is 2. The zero-order valence-electron chi connectivity index (χ0n) is 75.7. The molecular formula is C98H123Cl2N11O17. The SMILES string of the molecule is COC(=O)[C@@H]1CCC[C@@H]2C[C@@](C)(c3ccc(O)cc3)C(=O)N21.COC(=O)[C@@H]1CCC[C@@H]2C[C@@](C)(c3ccc(OCc4cc(C)nc(C)c4)cc3)C(=O)N21.Cc1cc(CCl)cc(C)n1.Cc1cc(COc2ccc([C@]3(C)C[C@H]4CCC[C@@H](C(=O)NO)N4C3=O)cc2)cc(C)n1.Cc1cc(COc2ccc([C@]3(C)C[C@H]4CCC[C@H](C(=O)NO)N4C3=O)cc2)cc(C)n1.Cl.NO. The normalized spacial score (nSPS) is 24.5. The van der Waals surface area contributed by atoms with Crippen LogP contribution in [0, 0.1) is 55.4 Å². The lowest BCUT2D eigenvalue weighted by molar-refractivity contribution is -0.155. The summed E-state index contributed by atoms with van der Waals surface area (Å²) in [5.74, 6) is 4.73. The van der Waals surface area contributed by atoms with Gasteiger partial charge in [0.2, 0.25) is 23.6 Å². The van der Waals surface area contributed by atoms with Crippen LogP contribution in [0.1, 0.15) is 220 Å². The fraction of sp³-hybridized carbons (Fsp3) is 0.469. The molecule has 0 radical (unpaired) electrons. The molecule has 0 unspecified atom stereocenters. The van der Waals surface area contributed by atoms with Crippen molar-refractivity contribution in [2.45, 2.75) is 282 Å². The van der Waals surface area contributed by atoms with Gasteiger partial charge in [0, 0.05) is 75.6 Å². The predicted octanol–water partition coefficient (Wildman–Crippen LogP) is 14.4. The highest BCUT2D eigenvalue weighted by atomic mass is 35.5. The number of carbonyl (C=O) groups is 8. The van der Waals surface area contributed by atoms with E-state index in [4.69, 9.17) is 50.9 Å². The molecule has 686 valence electrons. The minimum atomic E-state index is -0.694. The maximum absolute atomic E-state index is 13.4. The number of nitrogens with zero attached hydrogens (tertiary/aromatic N) is 8. The van der Waals surface area contributed by atoms with Gasteiger partial charge in [-0.05, 0) is 327 Å². The number of aromatic hydroxyl groups is 1. The number of pyridine rings is 4. The lowest BCUT2D eigenvalue weighted by Gasteiger charge is -2.36. The Morgan fingerprint density at radius 2 is 0.602 bits per heavy atom. The smallest absolute Gasteiger partial charge is 0.328 e. The third-order valence-electron chi connectivity index (χ3n) is 26.1. The number of hydrogen-bond donors (Lipinski definition) is 7. The summed E-state index contributed by atoms with van der Waals surface area (Å²) in [6.07, 6.45) is 12.4. The van der Waals surface area contributed by atoms with Crippen molar-refractivity contribution in [2.24, 2.45) is 5.90 Å². The number of nitrogens with one attached hydrogen (secondary N) is 2. The highest BCUT2D eigenvalue weighted by Gasteiger charge is 2.58. The molecule has 8 aliphatic rings. The summed E-state index contributed by atoms with van der Waals surface area (Å²) in [5.41, 5.74) is 16.7. The van der Waals surface area contributed by atoms with E-state index in [1.54, 1.807) is 54.8 Å². The van der Waals surface area contributed by atoms with Gasteiger partial charge in [-0.2, -0.15) is 0 Å². The van der Waals surface area contributed by atoms with Gasteiger partial charge in [-0.15, -0.1) is 24.0 Å². The molecule has 0 aliphatic carbocycles. The van der Waals surface area contributed by atoms with Crippen molar-refractivity contribution in [2.75, 3.05) is 14.2 Å². The third kappa shape index (κ3) is 22.4. The number of halogens is 2. The van der Waals surface area contributed by atoms with Gasteiger partial charge in [-0.3, -0.25) is 59.1 Å². The van der Waals surface area contributed by atoms with Gasteiger partial charge in [-0.1, -0.05) is 48.5 Å². The highest BCUT2D eigenvalue weighted by Crippen LogP contribution is 2.50. The molecule has 12 atom stereocenters. The van der Waals surface area contributed by atoms with Gasteiger partial charge in [0.1, 0.15) is 67.0 Å². The molecule has 28 nitrogen and oxygen atoms in total. The first-order valence-corrected chi connectivity index (χ1v) is 44.1. The van der Waals surface area contributed by atoms with Crippen molar-refractivity contribution in [3.63, 3.8) is 0 Å². The number of carbonyl (C=O) groups excluding carboxylic acids is 8. The first-order chi connectivity index (χ1) is 60.6. The minimum absolute atomic E-state index is 0. The Morgan fingerprint density at radius 3 is 0.828 bits per heavy atom. The van der Waals surface area contributed by atoms with Gasteiger partial charge in [0.05, 0.1) is 35.9 Å². The molecule has 6 amide bonds. The van der Waals surface area contributed by atoms with Crippen LogP contribution >= 0.6 is 24.0 Å². The van der Waals surface area contributed by atoms with E-state index in [0.717, 1.165) is 165 Å². The third-order valence-corrected chi connectivity index (χ3v) is 26.4. The van der Waals surface area contributed by atoms with Gasteiger partial charge in [0.15, 0.2) is 0 Å². The zero-order chi connectivity index (χ0) is 92.0. The molecule has 30 heteroatoms. The van der Waals surface area contributed by atoms with Crippen LogP contribution in [0.4, 0.5) is 0 Å². The van der Waals surface area contributed by atoms with E-state index in [2.05, 4.69) is 25.8 Å². The van der Waals surface area contributed by atoms with E-state index in [0.29, 0.717) is 70.6 Å². The van der Waals surface area contributed by atoms with Crippen LogP contribution in [0.5, 0.6) is 23.0 Å². The second-order valence-corrected chi connectivity index (χ2v) is 35.8. The van der Waals surface area contributed by atoms with Crippen LogP contribution in [0.3, 0.4) is 0 Å². The molecule has 4 aromatic heterocycles. The molecule has 16 rings (SSSR count). The van der Waals surface area contributed by atoms with Gasteiger partial charge in [-0.25, -0.2) is 26.4 Å². The summed E-state index contributed by atoms with van der Waals surface area (Å²) in [6, 6.07) is 44.1. The van der Waals surface area contributed by atoms with Crippen LogP contribution in [0.2, 0.25) is 0 Å². The van der Waals surface area contributed by atoms with Crippen LogP contribution < -0.4 is 31.1 Å². The average Bonchev–Trinajstić information content (AvgIpc) is 1.61. The lowest BCUT2D eigenvalue weighted by Crippen LogP contribution is -2.53. The average molecular weight is 1800 g/mol. The number of methoxy groups -OCH3 is 2. The number of aryl methyl sites for hydroxylation is 8. The molecule has 8 aliphatic heterocycles. The van der Waals surface area contributed by atoms with E-state index >= 15 is 0 Å². The fourth-order valence-electron chi connectivity index (χ4n) is 20.2. The zero-order valence-corrected chi connectivity index (χ0v) is 77.2. The van der Waals surface area contributed by atoms with E-state index < -0.39 is 57.6 Å². The number of amides is 6. The first-order valence-electron chi connectivity index (χ1n) is 43.6. The molecular weight excluding hydrogens is 1670 g/mol. The van der Waals surface area contributed by atoms with E-state index in [9.17, 15) is 43.5 Å². The number of phenols is 1. The van der Waals surface area contributed by atoms with Crippen molar-refractivity contribution < 1.29 is 82.8 Å². The number of hydrogen-bond acceptors (Lipinski definition) is 22. The van der Waals surface area contributed by atoms with Crippen molar-refractivity contribution >= 4 is 71.4 Å². The predicted molar refractivity (Wildman–Crippen MR) is 483 cm³/mol. The number of rotatable bonds is 18. The molecule has 0 spiro atoms. The van der Waals surface area contributed by atoms with E-state index in [-0.39, 0.29) is 77.9 Å². The molecule has 0 bridgehead atoms.